The number of carbonyl (C=O) groups is 1. The van der Waals surface area contributed by atoms with Crippen LogP contribution in [0.15, 0.2) is 34.9 Å². The maximum Gasteiger partial charge on any atom is 0.475 e. The van der Waals surface area contributed by atoms with Crippen molar-refractivity contribution in [1.82, 2.24) is 5.32 Å². The molecule has 1 aromatic carbocycles. The Hall–Kier alpha value is -1.44. The number of carbonyl (C=O) groups excluding carboxylic acids is 1. The topological polar surface area (TPSA) is 82.7 Å². The van der Waals surface area contributed by atoms with Crippen LogP contribution in [0.5, 0.6) is 0 Å². The minimum absolute atomic E-state index is 0.254. The second kappa shape index (κ2) is 7.02. The van der Waals surface area contributed by atoms with E-state index in [0.29, 0.717) is 5.75 Å². The van der Waals surface area contributed by atoms with Gasteiger partial charge in [-0.1, -0.05) is 25.1 Å². The van der Waals surface area contributed by atoms with Crippen LogP contribution in [0, 0.1) is 5.92 Å². The first kappa shape index (κ1) is 15.9. The van der Waals surface area contributed by atoms with E-state index in [1.165, 1.54) is 0 Å². The van der Waals surface area contributed by atoms with Gasteiger partial charge in [0.1, 0.15) is 5.58 Å². The number of furan rings is 1. The maximum absolute atomic E-state index is 11.9. The molecule has 0 saturated heterocycles. The minimum atomic E-state index is -1.64. The molecule has 0 aliphatic rings. The highest BCUT2D eigenvalue weighted by atomic mass is 32.1. The van der Waals surface area contributed by atoms with Crippen LogP contribution in [-0.2, 0) is 11.2 Å². The highest BCUT2D eigenvalue weighted by molar-refractivity contribution is 7.80. The number of fused-ring (bicyclic) bond motifs is 1. The molecule has 0 unspecified atom stereocenters. The van der Waals surface area contributed by atoms with Crippen molar-refractivity contribution in [1.29, 1.82) is 0 Å². The monoisotopic (exact) mass is 307 g/mol. The van der Waals surface area contributed by atoms with Crippen LogP contribution in [0.2, 0.25) is 0 Å². The fourth-order valence-corrected chi connectivity index (χ4v) is 2.23. The van der Waals surface area contributed by atoms with E-state index in [9.17, 15) is 14.8 Å². The van der Waals surface area contributed by atoms with Crippen molar-refractivity contribution < 1.29 is 19.3 Å². The molecule has 0 fully saturated rings. The van der Waals surface area contributed by atoms with Crippen molar-refractivity contribution >= 4 is 36.6 Å². The van der Waals surface area contributed by atoms with Crippen LogP contribution in [-0.4, -0.2) is 34.8 Å². The lowest BCUT2D eigenvalue weighted by atomic mass is 9.75. The van der Waals surface area contributed by atoms with Gasteiger partial charge in [-0.25, -0.2) is 0 Å². The average molecular weight is 307 g/mol. The van der Waals surface area contributed by atoms with Gasteiger partial charge in [-0.15, -0.1) is 0 Å². The molecule has 0 saturated carbocycles. The lowest BCUT2D eigenvalue weighted by Gasteiger charge is -2.19. The Bertz CT molecular complexity index is 616. The van der Waals surface area contributed by atoms with E-state index < -0.39 is 13.1 Å². The third-order valence-corrected chi connectivity index (χ3v) is 3.96. The fraction of sp³-hybridized carbons (Fsp3) is 0.357. The zero-order valence-electron chi connectivity index (χ0n) is 11.7. The Morgan fingerprint density at radius 3 is 2.81 bits per heavy atom. The molecule has 2 atom stereocenters. The second-order valence-corrected chi connectivity index (χ2v) is 5.44. The molecule has 0 aliphatic carbocycles. The summed E-state index contributed by atoms with van der Waals surface area (Å²) >= 11 is 4.07. The molecule has 1 heterocycles. The van der Waals surface area contributed by atoms with Gasteiger partial charge >= 0.3 is 7.12 Å². The van der Waals surface area contributed by atoms with Gasteiger partial charge in [0.05, 0.1) is 12.2 Å². The van der Waals surface area contributed by atoms with E-state index in [2.05, 4.69) is 17.9 Å². The number of nitrogens with one attached hydrogen (secondary N) is 1. The van der Waals surface area contributed by atoms with E-state index in [-0.39, 0.29) is 18.2 Å². The van der Waals surface area contributed by atoms with Gasteiger partial charge < -0.3 is 19.8 Å². The second-order valence-electron chi connectivity index (χ2n) is 5.07. The van der Waals surface area contributed by atoms with E-state index in [0.717, 1.165) is 16.5 Å². The predicted molar refractivity (Wildman–Crippen MR) is 85.1 cm³/mol. The molecule has 0 spiro atoms. The molecule has 1 aromatic heterocycles. The van der Waals surface area contributed by atoms with Gasteiger partial charge in [-0.2, -0.15) is 12.6 Å². The molecular formula is C14H18BNO4S. The molecule has 0 bridgehead atoms. The number of para-hydroxylation sites is 1. The smallest absolute Gasteiger partial charge is 0.464 e. The summed E-state index contributed by atoms with van der Waals surface area (Å²) in [7, 11) is -1.64. The first-order valence-electron chi connectivity index (χ1n) is 6.75. The van der Waals surface area contributed by atoms with Gasteiger partial charge in [-0.3, -0.25) is 4.79 Å². The summed E-state index contributed by atoms with van der Waals surface area (Å²) in [5.74, 6) is -0.943. The molecule has 21 heavy (non-hydrogen) atoms. The normalized spacial score (nSPS) is 13.9. The molecule has 7 heteroatoms. The molecule has 2 rings (SSSR count). The van der Waals surface area contributed by atoms with Gasteiger partial charge in [0, 0.05) is 17.1 Å². The highest BCUT2D eigenvalue weighted by Gasteiger charge is 2.28. The molecule has 0 aliphatic heterocycles. The SMILES string of the molecule is C[C@H](CS)C(=O)N[C@H](Cc1coc2ccccc12)B(O)O. The molecule has 112 valence electrons. The Labute approximate surface area is 128 Å². The average Bonchev–Trinajstić information content (AvgIpc) is 2.88. The first-order valence-corrected chi connectivity index (χ1v) is 7.38. The van der Waals surface area contributed by atoms with Crippen LogP contribution in [0.1, 0.15) is 12.5 Å². The Morgan fingerprint density at radius 1 is 1.43 bits per heavy atom. The van der Waals surface area contributed by atoms with Gasteiger partial charge in [-0.05, 0) is 18.1 Å². The Balaban J connectivity index is 2.15. The van der Waals surface area contributed by atoms with Crippen molar-refractivity contribution in [3.63, 3.8) is 0 Å². The summed E-state index contributed by atoms with van der Waals surface area (Å²) in [6, 6.07) is 7.48. The molecule has 2 aromatic rings. The van der Waals surface area contributed by atoms with Crippen LogP contribution in [0.25, 0.3) is 11.0 Å². The lowest BCUT2D eigenvalue weighted by Crippen LogP contribution is -2.49. The van der Waals surface area contributed by atoms with Gasteiger partial charge in [0.2, 0.25) is 5.91 Å². The Kier molecular flexibility index (Phi) is 5.33. The Morgan fingerprint density at radius 2 is 2.14 bits per heavy atom. The van der Waals surface area contributed by atoms with Crippen LogP contribution >= 0.6 is 12.6 Å². The molecule has 3 N–H and O–H groups in total. The van der Waals surface area contributed by atoms with Gasteiger partial charge in [0.25, 0.3) is 0 Å². The number of benzene rings is 1. The number of amides is 1. The van der Waals surface area contributed by atoms with Crippen LogP contribution in [0.3, 0.4) is 0 Å². The van der Waals surface area contributed by atoms with Crippen LogP contribution in [0.4, 0.5) is 0 Å². The van der Waals surface area contributed by atoms with Crippen molar-refractivity contribution in [2.75, 3.05) is 5.75 Å². The summed E-state index contributed by atoms with van der Waals surface area (Å²) in [5.41, 5.74) is 1.55. The largest absolute Gasteiger partial charge is 0.475 e. The number of thiol groups is 1. The van der Waals surface area contributed by atoms with Gasteiger partial charge in [0.15, 0.2) is 0 Å². The molecule has 5 nitrogen and oxygen atoms in total. The summed E-state index contributed by atoms with van der Waals surface area (Å²) < 4.78 is 5.42. The van der Waals surface area contributed by atoms with Crippen molar-refractivity contribution in [2.45, 2.75) is 19.3 Å². The predicted octanol–water partition coefficient (Wildman–Crippen LogP) is 1.04. The van der Waals surface area contributed by atoms with E-state index in [1.807, 2.05) is 24.3 Å². The third-order valence-electron chi connectivity index (χ3n) is 3.41. The third kappa shape index (κ3) is 3.81. The quantitative estimate of drug-likeness (QED) is 0.475. The standard InChI is InChI=1S/C14H18BNO4S/c1-9(8-21)14(17)16-13(15(18)19)6-10-7-20-12-5-3-2-4-11(10)12/h2-5,7,9,13,18-19,21H,6,8H2,1H3,(H,16,17)/t9-,13-/m1/s1. The van der Waals surface area contributed by atoms with E-state index in [1.54, 1.807) is 13.2 Å². The minimum Gasteiger partial charge on any atom is -0.464 e. The maximum atomic E-state index is 11.9. The van der Waals surface area contributed by atoms with Crippen molar-refractivity contribution in [3.05, 3.63) is 36.1 Å². The first-order chi connectivity index (χ1) is 10.0. The number of hydrogen-bond acceptors (Lipinski definition) is 5. The summed E-state index contributed by atoms with van der Waals surface area (Å²) in [4.78, 5) is 11.9. The van der Waals surface area contributed by atoms with E-state index >= 15 is 0 Å². The summed E-state index contributed by atoms with van der Waals surface area (Å²) in [5, 5.41) is 22.5. The zero-order valence-corrected chi connectivity index (χ0v) is 12.6. The fourth-order valence-electron chi connectivity index (χ4n) is 2.07. The van der Waals surface area contributed by atoms with Crippen molar-refractivity contribution in [3.8, 4) is 0 Å². The summed E-state index contributed by atoms with van der Waals surface area (Å²) in [6.07, 6.45) is 1.86. The van der Waals surface area contributed by atoms with Crippen LogP contribution < -0.4 is 5.32 Å². The highest BCUT2D eigenvalue weighted by Crippen LogP contribution is 2.22. The molecule has 1 amide bonds. The van der Waals surface area contributed by atoms with E-state index in [4.69, 9.17) is 4.42 Å². The zero-order chi connectivity index (χ0) is 15.4. The molecular weight excluding hydrogens is 289 g/mol. The van der Waals surface area contributed by atoms with Crippen molar-refractivity contribution in [2.24, 2.45) is 5.92 Å². The number of hydrogen-bond donors (Lipinski definition) is 4. The molecule has 0 radical (unpaired) electrons. The number of rotatable bonds is 6. The summed E-state index contributed by atoms with van der Waals surface area (Å²) in [6.45, 7) is 1.73. The lowest BCUT2D eigenvalue weighted by molar-refractivity contribution is -0.124.